The molecule has 2 aromatic rings. The van der Waals surface area contributed by atoms with Crippen molar-refractivity contribution in [1.82, 2.24) is 0 Å². The van der Waals surface area contributed by atoms with E-state index in [0.717, 1.165) is 17.7 Å². The fourth-order valence-electron chi connectivity index (χ4n) is 4.47. The molecule has 1 aliphatic heterocycles. The fraction of sp³-hybridized carbons (Fsp3) is 0.500. The summed E-state index contributed by atoms with van der Waals surface area (Å²) in [6.45, 7) is 13.4. The lowest BCUT2D eigenvalue weighted by Gasteiger charge is -2.46. The van der Waals surface area contributed by atoms with Crippen LogP contribution in [0.2, 0.25) is 0 Å². The molecule has 0 N–H and O–H groups in total. The van der Waals surface area contributed by atoms with Crippen LogP contribution >= 0.6 is 0 Å². The molecule has 0 aromatic heterocycles. The molecule has 4 rings (SSSR count). The van der Waals surface area contributed by atoms with Crippen molar-refractivity contribution in [2.45, 2.75) is 86.1 Å². The van der Waals surface area contributed by atoms with Crippen LogP contribution in [0, 0.1) is 5.41 Å². The smallest absolute Gasteiger partial charge is 0.233 e. The number of rotatable bonds is 3. The van der Waals surface area contributed by atoms with Crippen LogP contribution in [0.5, 0.6) is 0 Å². The standard InChI is InChI=1S/C17H23NO2.C9H10.C2H6/c1-6-14(19)17(4,5)18-13-10-8-7-9-12(13)11-16(2,3)15(18)20;1-2-5-9-7-3-6-8(9)4-1;1-2/h7-10H,6,11H2,1-5H3;1-2,4-5H,3,6-7H2;1-2H3. The number of anilines is 1. The van der Waals surface area contributed by atoms with Gasteiger partial charge >= 0.3 is 0 Å². The Morgan fingerprint density at radius 1 is 0.935 bits per heavy atom. The minimum atomic E-state index is -0.806. The molecule has 168 valence electrons. The number of carbonyl (C=O) groups is 2. The third kappa shape index (κ3) is 5.26. The van der Waals surface area contributed by atoms with Gasteiger partial charge in [-0.1, -0.05) is 77.1 Å². The van der Waals surface area contributed by atoms with Crippen molar-refractivity contribution in [2.24, 2.45) is 5.41 Å². The van der Waals surface area contributed by atoms with Gasteiger partial charge in [0.05, 0.1) is 0 Å². The van der Waals surface area contributed by atoms with Crippen molar-refractivity contribution in [2.75, 3.05) is 4.90 Å². The van der Waals surface area contributed by atoms with E-state index in [4.69, 9.17) is 0 Å². The van der Waals surface area contributed by atoms with Crippen LogP contribution in [0.25, 0.3) is 0 Å². The number of hydrogen-bond acceptors (Lipinski definition) is 2. The molecule has 0 saturated heterocycles. The largest absolute Gasteiger partial charge is 0.299 e. The van der Waals surface area contributed by atoms with Gasteiger partial charge in [0.1, 0.15) is 5.54 Å². The molecule has 1 heterocycles. The highest BCUT2D eigenvalue weighted by atomic mass is 16.2. The molecule has 0 bridgehead atoms. The summed E-state index contributed by atoms with van der Waals surface area (Å²) in [7, 11) is 0. The Labute approximate surface area is 188 Å². The molecule has 0 atom stereocenters. The van der Waals surface area contributed by atoms with Gasteiger partial charge in [-0.15, -0.1) is 0 Å². The Hall–Kier alpha value is -2.42. The van der Waals surface area contributed by atoms with E-state index >= 15 is 0 Å². The molecule has 0 saturated carbocycles. The van der Waals surface area contributed by atoms with E-state index in [9.17, 15) is 9.59 Å². The first-order chi connectivity index (χ1) is 14.7. The SMILES string of the molecule is CC.CCC(=O)C(C)(C)N1C(=O)C(C)(C)Cc2ccccc21.c1ccc2c(c1)CCC2. The summed E-state index contributed by atoms with van der Waals surface area (Å²) in [6.07, 6.45) is 5.11. The summed E-state index contributed by atoms with van der Waals surface area (Å²) in [5, 5.41) is 0. The van der Waals surface area contributed by atoms with Crippen molar-refractivity contribution in [3.63, 3.8) is 0 Å². The molecule has 0 radical (unpaired) electrons. The minimum absolute atomic E-state index is 0.0306. The molecule has 2 aromatic carbocycles. The zero-order valence-corrected chi connectivity index (χ0v) is 20.4. The minimum Gasteiger partial charge on any atom is -0.299 e. The molecular weight excluding hydrogens is 382 g/mol. The van der Waals surface area contributed by atoms with E-state index in [2.05, 4.69) is 24.3 Å². The van der Waals surface area contributed by atoms with E-state index in [1.165, 1.54) is 19.3 Å². The monoisotopic (exact) mass is 421 g/mol. The predicted octanol–water partition coefficient (Wildman–Crippen LogP) is 6.56. The molecule has 1 aliphatic carbocycles. The van der Waals surface area contributed by atoms with E-state index in [1.807, 2.05) is 72.7 Å². The highest BCUT2D eigenvalue weighted by Gasteiger charge is 2.46. The number of fused-ring (bicyclic) bond motifs is 2. The maximum Gasteiger partial charge on any atom is 0.233 e. The molecule has 3 heteroatoms. The second-order valence-corrected chi connectivity index (χ2v) is 9.29. The number of amides is 1. The predicted molar refractivity (Wildman–Crippen MR) is 131 cm³/mol. The fourth-order valence-corrected chi connectivity index (χ4v) is 4.47. The maximum absolute atomic E-state index is 12.9. The van der Waals surface area contributed by atoms with Gasteiger partial charge in [-0.25, -0.2) is 0 Å². The molecule has 31 heavy (non-hydrogen) atoms. The van der Waals surface area contributed by atoms with E-state index < -0.39 is 11.0 Å². The second-order valence-electron chi connectivity index (χ2n) is 9.29. The number of carbonyl (C=O) groups excluding carboxylic acids is 2. The summed E-state index contributed by atoms with van der Waals surface area (Å²) in [4.78, 5) is 26.9. The Morgan fingerprint density at radius 2 is 1.42 bits per heavy atom. The van der Waals surface area contributed by atoms with Crippen molar-refractivity contribution < 1.29 is 9.59 Å². The zero-order valence-electron chi connectivity index (χ0n) is 20.4. The lowest BCUT2D eigenvalue weighted by Crippen LogP contribution is -2.59. The lowest BCUT2D eigenvalue weighted by atomic mass is 9.77. The van der Waals surface area contributed by atoms with Crippen LogP contribution in [0.15, 0.2) is 48.5 Å². The first-order valence-corrected chi connectivity index (χ1v) is 11.7. The average molecular weight is 422 g/mol. The van der Waals surface area contributed by atoms with Crippen molar-refractivity contribution in [3.05, 3.63) is 65.2 Å². The van der Waals surface area contributed by atoms with Crippen molar-refractivity contribution in [3.8, 4) is 0 Å². The van der Waals surface area contributed by atoms with Gasteiger partial charge in [-0.3, -0.25) is 14.5 Å². The Bertz CT molecular complexity index is 888. The third-order valence-electron chi connectivity index (χ3n) is 6.22. The maximum atomic E-state index is 12.9. The topological polar surface area (TPSA) is 37.4 Å². The van der Waals surface area contributed by atoms with Gasteiger partial charge in [0, 0.05) is 17.5 Å². The van der Waals surface area contributed by atoms with Gasteiger partial charge < -0.3 is 0 Å². The van der Waals surface area contributed by atoms with Gasteiger partial charge in [-0.05, 0) is 62.3 Å². The normalized spacial score (nSPS) is 16.2. The quantitative estimate of drug-likeness (QED) is 0.563. The Kier molecular flexibility index (Phi) is 8.22. The summed E-state index contributed by atoms with van der Waals surface area (Å²) in [5.74, 6) is 0.112. The number of nitrogens with zero attached hydrogens (tertiary/aromatic N) is 1. The average Bonchev–Trinajstić information content (AvgIpc) is 3.24. The molecule has 0 spiro atoms. The van der Waals surface area contributed by atoms with Gasteiger partial charge in [-0.2, -0.15) is 0 Å². The third-order valence-corrected chi connectivity index (χ3v) is 6.22. The number of para-hydroxylation sites is 1. The zero-order chi connectivity index (χ0) is 23.2. The molecule has 3 nitrogen and oxygen atoms in total. The number of hydrogen-bond donors (Lipinski definition) is 0. The van der Waals surface area contributed by atoms with E-state index in [-0.39, 0.29) is 11.7 Å². The van der Waals surface area contributed by atoms with Crippen LogP contribution in [0.1, 0.15) is 78.0 Å². The first-order valence-electron chi connectivity index (χ1n) is 11.7. The number of benzene rings is 2. The molecule has 0 fully saturated rings. The summed E-state index contributed by atoms with van der Waals surface area (Å²) < 4.78 is 0. The highest BCUT2D eigenvalue weighted by molar-refractivity contribution is 6.07. The van der Waals surface area contributed by atoms with Crippen LogP contribution in [0.3, 0.4) is 0 Å². The van der Waals surface area contributed by atoms with Gasteiger partial charge in [0.15, 0.2) is 5.78 Å². The number of ketones is 1. The number of aryl methyl sites for hydroxylation is 2. The van der Waals surface area contributed by atoms with E-state index in [0.29, 0.717) is 6.42 Å². The van der Waals surface area contributed by atoms with E-state index in [1.54, 1.807) is 16.0 Å². The first kappa shape index (κ1) is 24.8. The highest BCUT2D eigenvalue weighted by Crippen LogP contribution is 2.41. The molecule has 1 amide bonds. The summed E-state index contributed by atoms with van der Waals surface area (Å²) in [5.41, 5.74) is 3.87. The Balaban J connectivity index is 0.000000256. The number of Topliss-reactive ketones (excluding diaryl/α,β-unsaturated/α-hetero) is 1. The lowest BCUT2D eigenvalue weighted by molar-refractivity contribution is -0.132. The van der Waals surface area contributed by atoms with Crippen LogP contribution in [0.4, 0.5) is 5.69 Å². The molecule has 2 aliphatic rings. The molecule has 0 unspecified atom stereocenters. The molecular formula is C28H39NO2. The van der Waals surface area contributed by atoms with Crippen molar-refractivity contribution >= 4 is 17.4 Å². The van der Waals surface area contributed by atoms with Crippen LogP contribution < -0.4 is 4.90 Å². The summed E-state index contributed by atoms with van der Waals surface area (Å²) in [6, 6.07) is 16.6. The Morgan fingerprint density at radius 3 is 1.94 bits per heavy atom. The van der Waals surface area contributed by atoms with Gasteiger partial charge in [0.25, 0.3) is 0 Å². The van der Waals surface area contributed by atoms with Crippen molar-refractivity contribution in [1.29, 1.82) is 0 Å². The summed E-state index contributed by atoms with van der Waals surface area (Å²) >= 11 is 0. The van der Waals surface area contributed by atoms with Crippen LogP contribution in [-0.4, -0.2) is 17.2 Å². The second kappa shape index (κ2) is 10.3. The van der Waals surface area contributed by atoms with Crippen LogP contribution in [-0.2, 0) is 28.9 Å². The van der Waals surface area contributed by atoms with Gasteiger partial charge in [0.2, 0.25) is 5.91 Å².